The zero-order valence-electron chi connectivity index (χ0n) is 13.7. The van der Waals surface area contributed by atoms with Gasteiger partial charge in [-0.15, -0.1) is 0 Å². The molecule has 25 heavy (non-hydrogen) atoms. The van der Waals surface area contributed by atoms with E-state index in [4.69, 9.17) is 9.26 Å². The number of nitrogens with zero attached hydrogens (tertiary/aromatic N) is 1. The van der Waals surface area contributed by atoms with Gasteiger partial charge >= 0.3 is 0 Å². The Bertz CT molecular complexity index is 859. The van der Waals surface area contributed by atoms with E-state index in [1.54, 1.807) is 24.3 Å². The van der Waals surface area contributed by atoms with Crippen LogP contribution >= 0.6 is 15.9 Å². The van der Waals surface area contributed by atoms with Gasteiger partial charge in [0, 0.05) is 16.1 Å². The summed E-state index contributed by atoms with van der Waals surface area (Å²) in [5.74, 6) is 0.535. The minimum atomic E-state index is -0.301. The van der Waals surface area contributed by atoms with Crippen molar-refractivity contribution in [3.05, 3.63) is 64.6 Å². The van der Waals surface area contributed by atoms with Gasteiger partial charge in [0.1, 0.15) is 11.4 Å². The second-order valence-corrected chi connectivity index (χ2v) is 6.30. The van der Waals surface area contributed by atoms with E-state index in [1.165, 1.54) is 0 Å². The lowest BCUT2D eigenvalue weighted by molar-refractivity contribution is 0.102. The molecule has 0 saturated carbocycles. The van der Waals surface area contributed by atoms with Crippen LogP contribution in [-0.4, -0.2) is 17.7 Å². The van der Waals surface area contributed by atoms with Gasteiger partial charge in [-0.1, -0.05) is 52.3 Å². The van der Waals surface area contributed by atoms with Gasteiger partial charge in [-0.2, -0.15) is 0 Å². The molecule has 0 unspecified atom stereocenters. The minimum absolute atomic E-state index is 0.285. The quantitative estimate of drug-likeness (QED) is 0.621. The molecule has 0 aliphatic rings. The van der Waals surface area contributed by atoms with Gasteiger partial charge in [-0.05, 0) is 30.7 Å². The number of carbonyl (C=O) groups is 1. The second kappa shape index (κ2) is 7.98. The highest BCUT2D eigenvalue weighted by Gasteiger charge is 2.15. The third kappa shape index (κ3) is 4.28. The van der Waals surface area contributed by atoms with Crippen LogP contribution in [0.5, 0.6) is 5.75 Å². The number of anilines is 1. The maximum Gasteiger partial charge on any atom is 0.261 e. The molecule has 1 aromatic heterocycles. The van der Waals surface area contributed by atoms with Crippen LogP contribution in [0.25, 0.3) is 11.3 Å². The minimum Gasteiger partial charge on any atom is -0.493 e. The molecule has 0 saturated heterocycles. The van der Waals surface area contributed by atoms with Gasteiger partial charge in [-0.3, -0.25) is 10.1 Å². The van der Waals surface area contributed by atoms with Crippen molar-refractivity contribution in [2.45, 2.75) is 13.3 Å². The fourth-order valence-electron chi connectivity index (χ4n) is 2.26. The first-order chi connectivity index (χ1) is 12.2. The van der Waals surface area contributed by atoms with E-state index in [-0.39, 0.29) is 11.8 Å². The number of ether oxygens (including phenoxy) is 1. The van der Waals surface area contributed by atoms with E-state index < -0.39 is 0 Å². The number of rotatable bonds is 6. The molecule has 0 spiro atoms. The monoisotopic (exact) mass is 400 g/mol. The second-order valence-electron chi connectivity index (χ2n) is 5.38. The Hall–Kier alpha value is -2.60. The van der Waals surface area contributed by atoms with Gasteiger partial charge in [-0.25, -0.2) is 0 Å². The molecule has 3 rings (SSSR count). The third-order valence-corrected chi connectivity index (χ3v) is 4.01. The van der Waals surface area contributed by atoms with Crippen molar-refractivity contribution < 1.29 is 14.1 Å². The Morgan fingerprint density at radius 1 is 1.20 bits per heavy atom. The topological polar surface area (TPSA) is 64.4 Å². The van der Waals surface area contributed by atoms with Crippen LogP contribution in [0.2, 0.25) is 0 Å². The summed E-state index contributed by atoms with van der Waals surface area (Å²) >= 11 is 3.39. The number of nitrogens with one attached hydrogen (secondary N) is 1. The number of halogens is 1. The molecule has 3 aromatic rings. The fourth-order valence-corrected chi connectivity index (χ4v) is 2.53. The number of amides is 1. The fraction of sp³-hybridized carbons (Fsp3) is 0.158. The lowest BCUT2D eigenvalue weighted by Crippen LogP contribution is -2.13. The van der Waals surface area contributed by atoms with Crippen LogP contribution in [0.15, 0.2) is 63.6 Å². The normalized spacial score (nSPS) is 10.5. The zero-order chi connectivity index (χ0) is 17.6. The summed E-state index contributed by atoms with van der Waals surface area (Å²) in [7, 11) is 0. The number of hydrogen-bond acceptors (Lipinski definition) is 4. The highest BCUT2D eigenvalue weighted by molar-refractivity contribution is 9.10. The summed E-state index contributed by atoms with van der Waals surface area (Å²) in [6.07, 6.45) is 0.870. The Labute approximate surface area is 154 Å². The lowest BCUT2D eigenvalue weighted by Gasteiger charge is -2.09. The van der Waals surface area contributed by atoms with E-state index >= 15 is 0 Å². The van der Waals surface area contributed by atoms with Crippen molar-refractivity contribution in [1.82, 2.24) is 5.16 Å². The van der Waals surface area contributed by atoms with Gasteiger partial charge in [0.15, 0.2) is 0 Å². The molecule has 128 valence electrons. The number of hydrogen-bond donors (Lipinski definition) is 1. The number of carbonyl (C=O) groups excluding carboxylic acids is 1. The maximum absolute atomic E-state index is 12.5. The molecule has 0 aliphatic heterocycles. The number of aromatic nitrogens is 1. The highest BCUT2D eigenvalue weighted by Crippen LogP contribution is 2.25. The molecule has 2 aromatic carbocycles. The number of benzene rings is 2. The van der Waals surface area contributed by atoms with Crippen LogP contribution < -0.4 is 10.1 Å². The Morgan fingerprint density at radius 3 is 2.72 bits per heavy atom. The van der Waals surface area contributed by atoms with E-state index in [0.29, 0.717) is 23.6 Å². The SMILES string of the molecule is CCCOc1ccccc1C(=O)Nc1cc(-c2ccc(Br)cc2)no1. The van der Waals surface area contributed by atoms with E-state index in [0.717, 1.165) is 16.5 Å². The van der Waals surface area contributed by atoms with Crippen LogP contribution in [0.1, 0.15) is 23.7 Å². The summed E-state index contributed by atoms with van der Waals surface area (Å²) in [6, 6.07) is 16.5. The molecule has 0 aliphatic carbocycles. The molecule has 5 nitrogen and oxygen atoms in total. The van der Waals surface area contributed by atoms with Crippen molar-refractivity contribution in [3.8, 4) is 17.0 Å². The maximum atomic E-state index is 12.5. The molecule has 0 bridgehead atoms. The average Bonchev–Trinajstić information content (AvgIpc) is 3.09. The Balaban J connectivity index is 1.75. The molecular formula is C19H17BrN2O3. The smallest absolute Gasteiger partial charge is 0.261 e. The Morgan fingerprint density at radius 2 is 1.96 bits per heavy atom. The number of para-hydroxylation sites is 1. The van der Waals surface area contributed by atoms with Crippen molar-refractivity contribution >= 4 is 27.7 Å². The molecule has 1 N–H and O–H groups in total. The van der Waals surface area contributed by atoms with Crippen LogP contribution in [0, 0.1) is 0 Å². The summed E-state index contributed by atoms with van der Waals surface area (Å²) in [5, 5.41) is 6.72. The standard InChI is InChI=1S/C19H17BrN2O3/c1-2-11-24-17-6-4-3-5-15(17)19(23)21-18-12-16(22-25-18)13-7-9-14(20)10-8-13/h3-10,12H,2,11H2,1H3,(H,21,23). The summed E-state index contributed by atoms with van der Waals surface area (Å²) < 4.78 is 11.8. The van der Waals surface area contributed by atoms with Gasteiger partial charge in [0.2, 0.25) is 5.88 Å². The third-order valence-electron chi connectivity index (χ3n) is 3.48. The first-order valence-electron chi connectivity index (χ1n) is 7.93. The first kappa shape index (κ1) is 17.2. The van der Waals surface area contributed by atoms with Gasteiger partial charge in [0.25, 0.3) is 5.91 Å². The molecule has 0 fully saturated rings. The van der Waals surface area contributed by atoms with Crippen molar-refractivity contribution in [1.29, 1.82) is 0 Å². The summed E-state index contributed by atoms with van der Waals surface area (Å²) in [6.45, 7) is 2.57. The van der Waals surface area contributed by atoms with E-state index in [2.05, 4.69) is 26.4 Å². The van der Waals surface area contributed by atoms with Gasteiger partial charge in [0.05, 0.1) is 12.2 Å². The van der Waals surface area contributed by atoms with Crippen LogP contribution in [0.4, 0.5) is 5.88 Å². The lowest BCUT2D eigenvalue weighted by atomic mass is 10.1. The largest absolute Gasteiger partial charge is 0.493 e. The molecule has 0 radical (unpaired) electrons. The molecule has 1 amide bonds. The van der Waals surface area contributed by atoms with Crippen molar-refractivity contribution in [2.24, 2.45) is 0 Å². The van der Waals surface area contributed by atoms with E-state index in [1.807, 2.05) is 37.3 Å². The van der Waals surface area contributed by atoms with Crippen LogP contribution in [-0.2, 0) is 0 Å². The van der Waals surface area contributed by atoms with Crippen molar-refractivity contribution in [3.63, 3.8) is 0 Å². The van der Waals surface area contributed by atoms with Crippen molar-refractivity contribution in [2.75, 3.05) is 11.9 Å². The predicted molar refractivity (Wildman–Crippen MR) is 99.8 cm³/mol. The Kier molecular flexibility index (Phi) is 5.50. The van der Waals surface area contributed by atoms with Crippen LogP contribution in [0.3, 0.4) is 0 Å². The molecule has 1 heterocycles. The average molecular weight is 401 g/mol. The molecule has 0 atom stereocenters. The summed E-state index contributed by atoms with van der Waals surface area (Å²) in [5.41, 5.74) is 2.01. The molecular weight excluding hydrogens is 384 g/mol. The zero-order valence-corrected chi connectivity index (χ0v) is 15.2. The highest BCUT2D eigenvalue weighted by atomic mass is 79.9. The first-order valence-corrected chi connectivity index (χ1v) is 8.72. The van der Waals surface area contributed by atoms with Gasteiger partial charge < -0.3 is 9.26 Å². The molecule has 6 heteroatoms. The summed E-state index contributed by atoms with van der Waals surface area (Å²) in [4.78, 5) is 12.5. The predicted octanol–water partition coefficient (Wildman–Crippen LogP) is 5.15. The van der Waals surface area contributed by atoms with E-state index in [9.17, 15) is 4.79 Å².